The molecule has 2 unspecified atom stereocenters. The first kappa shape index (κ1) is 18.4. The van der Waals surface area contributed by atoms with Crippen LogP contribution in [0.3, 0.4) is 0 Å². The number of esters is 1. The van der Waals surface area contributed by atoms with Crippen LogP contribution in [0, 0.1) is 0 Å². The van der Waals surface area contributed by atoms with Gasteiger partial charge < -0.3 is 25.6 Å². The van der Waals surface area contributed by atoms with Gasteiger partial charge in [0.2, 0.25) is 0 Å². The van der Waals surface area contributed by atoms with Gasteiger partial charge in [0, 0.05) is 10.7 Å². The van der Waals surface area contributed by atoms with Crippen LogP contribution in [-0.2, 0) is 16.0 Å². The summed E-state index contributed by atoms with van der Waals surface area (Å²) in [6.07, 6.45) is 0.691. The number of aromatic hydroxyl groups is 2. The largest absolute Gasteiger partial charge is 0.504 e. The Bertz CT molecular complexity index is 795. The maximum atomic E-state index is 12.6. The fraction of sp³-hybridized carbons (Fsp3) is 0.316. The van der Waals surface area contributed by atoms with Crippen molar-refractivity contribution in [1.82, 2.24) is 5.32 Å². The average Bonchev–Trinajstić information content (AvgIpc) is 2.62. The number of carbonyl (C=O) groups is 1. The quantitative estimate of drug-likeness (QED) is 0.474. The molecule has 2 atom stereocenters. The van der Waals surface area contributed by atoms with E-state index in [0.29, 0.717) is 18.0 Å². The Morgan fingerprint density at radius 3 is 2.69 bits per heavy atom. The van der Waals surface area contributed by atoms with E-state index in [9.17, 15) is 15.0 Å². The van der Waals surface area contributed by atoms with E-state index in [1.807, 2.05) is 0 Å². The summed E-state index contributed by atoms with van der Waals surface area (Å²) >= 11 is 5.93. The van der Waals surface area contributed by atoms with Crippen LogP contribution in [0.25, 0.3) is 0 Å². The average molecular weight is 377 g/mol. The van der Waals surface area contributed by atoms with Gasteiger partial charge in [-0.3, -0.25) is 0 Å². The van der Waals surface area contributed by atoms with Gasteiger partial charge in [-0.2, -0.15) is 0 Å². The maximum Gasteiger partial charge on any atom is 0.330 e. The van der Waals surface area contributed by atoms with Crippen molar-refractivity contribution >= 4 is 23.3 Å². The number of benzene rings is 2. The zero-order valence-electron chi connectivity index (χ0n) is 14.3. The number of phenolic OH excluding ortho intramolecular Hbond substituents is 2. The number of fused-ring (bicyclic) bond motifs is 1. The van der Waals surface area contributed by atoms with Gasteiger partial charge in [-0.25, -0.2) is 4.79 Å². The van der Waals surface area contributed by atoms with E-state index in [1.165, 1.54) is 6.07 Å². The molecule has 1 aliphatic heterocycles. The molecule has 2 aromatic rings. The molecule has 1 heterocycles. The van der Waals surface area contributed by atoms with Gasteiger partial charge in [0.15, 0.2) is 11.5 Å². The van der Waals surface area contributed by atoms with Gasteiger partial charge in [0.25, 0.3) is 0 Å². The van der Waals surface area contributed by atoms with Gasteiger partial charge in [-0.05, 0) is 67.4 Å². The van der Waals surface area contributed by atoms with Crippen molar-refractivity contribution in [3.63, 3.8) is 0 Å². The van der Waals surface area contributed by atoms with Crippen LogP contribution >= 0.6 is 11.6 Å². The fourth-order valence-corrected chi connectivity index (χ4v) is 3.27. The smallest absolute Gasteiger partial charge is 0.330 e. The van der Waals surface area contributed by atoms with Gasteiger partial charge in [0.05, 0.1) is 12.6 Å². The molecule has 0 radical (unpaired) electrons. The first-order valence-corrected chi connectivity index (χ1v) is 8.84. The molecule has 0 saturated carbocycles. The Hall–Kier alpha value is -2.44. The van der Waals surface area contributed by atoms with Gasteiger partial charge in [0.1, 0.15) is 6.04 Å². The van der Waals surface area contributed by atoms with E-state index >= 15 is 0 Å². The Morgan fingerprint density at radius 1 is 1.31 bits per heavy atom. The molecule has 4 N–H and O–H groups in total. The molecule has 0 spiro atoms. The van der Waals surface area contributed by atoms with Crippen molar-refractivity contribution in [3.8, 4) is 11.5 Å². The Morgan fingerprint density at radius 2 is 2.00 bits per heavy atom. The predicted molar refractivity (Wildman–Crippen MR) is 99.7 cm³/mol. The van der Waals surface area contributed by atoms with Crippen LogP contribution in [0.2, 0.25) is 5.02 Å². The van der Waals surface area contributed by atoms with E-state index in [2.05, 4.69) is 10.6 Å². The highest BCUT2D eigenvalue weighted by Gasteiger charge is 2.34. The zero-order chi connectivity index (χ0) is 18.7. The summed E-state index contributed by atoms with van der Waals surface area (Å²) in [5.41, 5.74) is 2.37. The molecule has 0 aromatic heterocycles. The molecule has 2 aromatic carbocycles. The first-order chi connectivity index (χ1) is 12.5. The Kier molecular flexibility index (Phi) is 5.54. The number of phenols is 2. The number of nitrogens with one attached hydrogen (secondary N) is 2. The van der Waals surface area contributed by atoms with Crippen LogP contribution in [0.1, 0.15) is 24.1 Å². The molecule has 0 amide bonds. The van der Waals surface area contributed by atoms with Crippen molar-refractivity contribution in [2.45, 2.75) is 25.4 Å². The molecule has 138 valence electrons. The third-order valence-electron chi connectivity index (χ3n) is 4.37. The number of halogens is 1. The lowest BCUT2D eigenvalue weighted by atomic mass is 9.89. The molecule has 6 nitrogen and oxygen atoms in total. The van der Waals surface area contributed by atoms with Gasteiger partial charge in [-0.15, -0.1) is 0 Å². The van der Waals surface area contributed by atoms with Crippen LogP contribution < -0.4 is 10.6 Å². The van der Waals surface area contributed by atoms with Gasteiger partial charge >= 0.3 is 5.97 Å². The second kappa shape index (κ2) is 7.85. The highest BCUT2D eigenvalue weighted by Crippen LogP contribution is 2.35. The number of carbonyl (C=O) groups excluding carboxylic acids is 1. The molecule has 0 aliphatic carbocycles. The van der Waals surface area contributed by atoms with Crippen LogP contribution in [0.4, 0.5) is 5.69 Å². The van der Waals surface area contributed by atoms with Crippen molar-refractivity contribution < 1.29 is 19.7 Å². The van der Waals surface area contributed by atoms with Crippen molar-refractivity contribution in [2.24, 2.45) is 0 Å². The van der Waals surface area contributed by atoms with E-state index in [1.54, 1.807) is 37.3 Å². The van der Waals surface area contributed by atoms with Crippen molar-refractivity contribution in [1.29, 1.82) is 0 Å². The molecule has 0 fully saturated rings. The number of hydrogen-bond acceptors (Lipinski definition) is 6. The Balaban J connectivity index is 1.96. The van der Waals surface area contributed by atoms with E-state index in [-0.39, 0.29) is 18.1 Å². The normalized spacial score (nSPS) is 17.2. The van der Waals surface area contributed by atoms with E-state index in [0.717, 1.165) is 16.8 Å². The minimum atomic E-state index is -0.709. The molecule has 0 bridgehead atoms. The lowest BCUT2D eigenvalue weighted by Crippen LogP contribution is -2.46. The lowest BCUT2D eigenvalue weighted by Gasteiger charge is -2.33. The summed E-state index contributed by atoms with van der Waals surface area (Å²) in [5.74, 6) is -0.783. The summed E-state index contributed by atoms with van der Waals surface area (Å²) in [6.45, 7) is 2.65. The number of ether oxygens (including phenoxy) is 1. The summed E-state index contributed by atoms with van der Waals surface area (Å²) in [5, 5.41) is 26.8. The monoisotopic (exact) mass is 376 g/mol. The summed E-state index contributed by atoms with van der Waals surface area (Å²) in [4.78, 5) is 12.6. The second-order valence-corrected chi connectivity index (χ2v) is 6.54. The SMILES string of the molecule is CCOC(=O)C(Nc1ccc(Cl)cc1)C1NCCc2cc(O)c(O)cc21. The minimum absolute atomic E-state index is 0.164. The summed E-state index contributed by atoms with van der Waals surface area (Å²) in [7, 11) is 0. The fourth-order valence-electron chi connectivity index (χ4n) is 3.15. The molecule has 0 saturated heterocycles. The Labute approximate surface area is 156 Å². The summed E-state index contributed by atoms with van der Waals surface area (Å²) in [6, 6.07) is 8.95. The molecule has 26 heavy (non-hydrogen) atoms. The maximum absolute atomic E-state index is 12.6. The minimum Gasteiger partial charge on any atom is -0.504 e. The lowest BCUT2D eigenvalue weighted by molar-refractivity contribution is -0.144. The topological polar surface area (TPSA) is 90.8 Å². The number of hydrogen-bond donors (Lipinski definition) is 4. The standard InChI is InChI=1S/C19H21ClN2O4/c1-2-26-19(25)18(22-13-5-3-12(20)4-6-13)17-14-10-16(24)15(23)9-11(14)7-8-21-17/h3-6,9-10,17-18,21-24H,2,7-8H2,1H3. The van der Waals surface area contributed by atoms with Crippen LogP contribution in [0.5, 0.6) is 11.5 Å². The second-order valence-electron chi connectivity index (χ2n) is 6.10. The highest BCUT2D eigenvalue weighted by molar-refractivity contribution is 6.30. The van der Waals surface area contributed by atoms with E-state index in [4.69, 9.17) is 16.3 Å². The molecule has 1 aliphatic rings. The highest BCUT2D eigenvalue weighted by atomic mass is 35.5. The van der Waals surface area contributed by atoms with Crippen LogP contribution in [0.15, 0.2) is 36.4 Å². The molecule has 7 heteroatoms. The van der Waals surface area contributed by atoms with Crippen molar-refractivity contribution in [3.05, 3.63) is 52.5 Å². The predicted octanol–water partition coefficient (Wildman–Crippen LogP) is 2.98. The molecular formula is C19H21ClN2O4. The zero-order valence-corrected chi connectivity index (χ0v) is 15.1. The molecule has 3 rings (SSSR count). The first-order valence-electron chi connectivity index (χ1n) is 8.46. The molecular weight excluding hydrogens is 356 g/mol. The van der Waals surface area contributed by atoms with Crippen molar-refractivity contribution in [2.75, 3.05) is 18.5 Å². The third-order valence-corrected chi connectivity index (χ3v) is 4.62. The summed E-state index contributed by atoms with van der Waals surface area (Å²) < 4.78 is 5.24. The van der Waals surface area contributed by atoms with Gasteiger partial charge in [-0.1, -0.05) is 11.6 Å². The number of rotatable bonds is 5. The third kappa shape index (κ3) is 3.86. The van der Waals surface area contributed by atoms with Crippen LogP contribution in [-0.4, -0.2) is 35.4 Å². The van der Waals surface area contributed by atoms with E-state index < -0.39 is 18.1 Å². The number of anilines is 1.